The minimum absolute atomic E-state index is 0.878. The van der Waals surface area contributed by atoms with E-state index < -0.39 is 0 Å². The predicted octanol–water partition coefficient (Wildman–Crippen LogP) is 2.00. The van der Waals surface area contributed by atoms with Crippen LogP contribution in [0.15, 0.2) is 29.4 Å². The van der Waals surface area contributed by atoms with Crippen LogP contribution >= 0.6 is 0 Å². The summed E-state index contributed by atoms with van der Waals surface area (Å²) >= 11 is 0. The van der Waals surface area contributed by atoms with Crippen LogP contribution in [-0.4, -0.2) is 20.4 Å². The molecule has 0 spiro atoms. The summed E-state index contributed by atoms with van der Waals surface area (Å²) in [5.41, 5.74) is 8.56. The molecule has 0 atom stereocenters. The summed E-state index contributed by atoms with van der Waals surface area (Å²) in [5.74, 6) is 0.878. The highest BCUT2D eigenvalue weighted by Crippen LogP contribution is 2.21. The zero-order chi connectivity index (χ0) is 11.3. The Balaban J connectivity index is 3.11. The van der Waals surface area contributed by atoms with Gasteiger partial charge in [0.05, 0.1) is 7.11 Å². The lowest BCUT2D eigenvalue weighted by molar-refractivity contribution is 0.411. The smallest absolute Gasteiger partial charge is 0.121 e. The number of hydrogen-bond acceptors (Lipinski definition) is 3. The summed E-state index contributed by atoms with van der Waals surface area (Å²) < 4.78 is 5.19. The van der Waals surface area contributed by atoms with Crippen LogP contribution in [0.3, 0.4) is 0 Å². The van der Waals surface area contributed by atoms with Gasteiger partial charge in [-0.2, -0.15) is 0 Å². The first kappa shape index (κ1) is 11.3. The van der Waals surface area contributed by atoms with E-state index in [1.54, 1.807) is 26.6 Å². The van der Waals surface area contributed by atoms with Gasteiger partial charge in [0.15, 0.2) is 0 Å². The van der Waals surface area contributed by atoms with Gasteiger partial charge in [-0.05, 0) is 30.2 Å². The van der Waals surface area contributed by atoms with Crippen molar-refractivity contribution in [2.45, 2.75) is 6.92 Å². The van der Waals surface area contributed by atoms with E-state index in [0.29, 0.717) is 0 Å². The lowest BCUT2D eigenvalue weighted by atomic mass is 10.0. The highest BCUT2D eigenvalue weighted by Gasteiger charge is 2.02. The van der Waals surface area contributed by atoms with Gasteiger partial charge in [-0.3, -0.25) is 4.99 Å². The van der Waals surface area contributed by atoms with Crippen molar-refractivity contribution in [3.63, 3.8) is 0 Å². The second-order valence-electron chi connectivity index (χ2n) is 3.19. The molecule has 1 aromatic carbocycles. The summed E-state index contributed by atoms with van der Waals surface area (Å²) in [6.45, 7) is 2.00. The maximum absolute atomic E-state index is 5.53. The van der Waals surface area contributed by atoms with Crippen LogP contribution < -0.4 is 10.5 Å². The Hall–Kier alpha value is -1.77. The molecule has 0 fully saturated rings. The molecule has 0 aliphatic heterocycles. The van der Waals surface area contributed by atoms with Crippen molar-refractivity contribution in [1.82, 2.24) is 0 Å². The normalized spacial score (nSPS) is 12.1. The number of aliphatic imine (C=N–C) groups is 1. The number of aryl methyl sites for hydroxylation is 1. The zero-order valence-electron chi connectivity index (χ0n) is 9.32. The molecular weight excluding hydrogens is 188 g/mol. The summed E-state index contributed by atoms with van der Waals surface area (Å²) in [6, 6.07) is 5.92. The van der Waals surface area contributed by atoms with Crippen LogP contribution in [0.25, 0.3) is 5.57 Å². The third-order valence-corrected chi connectivity index (χ3v) is 2.18. The Morgan fingerprint density at radius 2 is 2.20 bits per heavy atom. The molecule has 80 valence electrons. The molecule has 3 nitrogen and oxygen atoms in total. The lowest BCUT2D eigenvalue weighted by Crippen LogP contribution is -1.93. The molecular formula is C12H16N2O. The Morgan fingerprint density at radius 1 is 1.47 bits per heavy atom. The molecule has 2 N–H and O–H groups in total. The minimum atomic E-state index is 0.878. The topological polar surface area (TPSA) is 47.6 Å². The Kier molecular flexibility index (Phi) is 3.92. The molecule has 0 amide bonds. The fraction of sp³-hybridized carbons (Fsp3) is 0.250. The van der Waals surface area contributed by atoms with Crippen molar-refractivity contribution in [2.75, 3.05) is 14.2 Å². The summed E-state index contributed by atoms with van der Waals surface area (Å²) in [4.78, 5) is 3.95. The number of benzene rings is 1. The van der Waals surface area contributed by atoms with Gasteiger partial charge in [-0.15, -0.1) is 0 Å². The van der Waals surface area contributed by atoms with Gasteiger partial charge in [0.1, 0.15) is 5.75 Å². The molecule has 0 aromatic heterocycles. The van der Waals surface area contributed by atoms with Gasteiger partial charge in [-0.25, -0.2) is 0 Å². The first-order chi connectivity index (χ1) is 7.22. The largest absolute Gasteiger partial charge is 0.496 e. The number of ether oxygens (including phenoxy) is 1. The van der Waals surface area contributed by atoms with E-state index in [4.69, 9.17) is 10.5 Å². The van der Waals surface area contributed by atoms with E-state index in [1.807, 2.05) is 25.1 Å². The molecule has 0 aliphatic carbocycles. The van der Waals surface area contributed by atoms with Gasteiger partial charge in [0.2, 0.25) is 0 Å². The number of nitrogens with zero attached hydrogens (tertiary/aromatic N) is 1. The first-order valence-electron chi connectivity index (χ1n) is 4.72. The highest BCUT2D eigenvalue weighted by molar-refractivity contribution is 6.09. The van der Waals surface area contributed by atoms with E-state index in [0.717, 1.165) is 22.4 Å². The van der Waals surface area contributed by atoms with Crippen LogP contribution in [0.2, 0.25) is 0 Å². The third kappa shape index (κ3) is 2.59. The summed E-state index contributed by atoms with van der Waals surface area (Å²) in [6.07, 6.45) is 3.29. The molecule has 1 rings (SSSR count). The molecule has 0 radical (unpaired) electrons. The quantitative estimate of drug-likeness (QED) is 0.765. The van der Waals surface area contributed by atoms with Crippen LogP contribution in [0, 0.1) is 6.92 Å². The van der Waals surface area contributed by atoms with Gasteiger partial charge in [-0.1, -0.05) is 6.07 Å². The van der Waals surface area contributed by atoms with Crippen molar-refractivity contribution in [3.05, 3.63) is 35.5 Å². The van der Waals surface area contributed by atoms with Crippen molar-refractivity contribution in [1.29, 1.82) is 0 Å². The first-order valence-corrected chi connectivity index (χ1v) is 4.72. The van der Waals surface area contributed by atoms with E-state index in [-0.39, 0.29) is 0 Å². The molecule has 1 aromatic rings. The maximum atomic E-state index is 5.53. The Bertz CT molecular complexity index is 395. The SMILES string of the molecule is CN=CC(=CN)c1ccc(OC)c(C)c1. The number of methoxy groups -OCH3 is 1. The highest BCUT2D eigenvalue weighted by atomic mass is 16.5. The van der Waals surface area contributed by atoms with Crippen LogP contribution in [0.4, 0.5) is 0 Å². The molecule has 3 heteroatoms. The van der Waals surface area contributed by atoms with Crippen molar-refractivity contribution >= 4 is 11.8 Å². The molecule has 0 saturated carbocycles. The molecule has 0 saturated heterocycles. The van der Waals surface area contributed by atoms with E-state index in [2.05, 4.69) is 4.99 Å². The molecule has 0 aliphatic rings. The number of hydrogen-bond donors (Lipinski definition) is 1. The van der Waals surface area contributed by atoms with Gasteiger partial charge in [0.25, 0.3) is 0 Å². The second kappa shape index (κ2) is 5.20. The van der Waals surface area contributed by atoms with Crippen LogP contribution in [-0.2, 0) is 0 Å². The molecule has 0 unspecified atom stereocenters. The van der Waals surface area contributed by atoms with Crippen molar-refractivity contribution < 1.29 is 4.74 Å². The molecule has 15 heavy (non-hydrogen) atoms. The standard InChI is InChI=1S/C12H16N2O/c1-9-6-10(4-5-12(9)15-3)11(7-13)8-14-2/h4-8H,13H2,1-3H3. The fourth-order valence-corrected chi connectivity index (χ4v) is 1.41. The second-order valence-corrected chi connectivity index (χ2v) is 3.19. The Morgan fingerprint density at radius 3 is 2.67 bits per heavy atom. The predicted molar refractivity (Wildman–Crippen MR) is 64.3 cm³/mol. The zero-order valence-corrected chi connectivity index (χ0v) is 9.32. The number of nitrogens with two attached hydrogens (primary N) is 1. The van der Waals surface area contributed by atoms with Crippen molar-refractivity contribution in [3.8, 4) is 5.75 Å². The fourth-order valence-electron chi connectivity index (χ4n) is 1.41. The van der Waals surface area contributed by atoms with Crippen LogP contribution in [0.1, 0.15) is 11.1 Å². The minimum Gasteiger partial charge on any atom is -0.496 e. The Labute approximate surface area is 90.3 Å². The lowest BCUT2D eigenvalue weighted by Gasteiger charge is -2.07. The average molecular weight is 204 g/mol. The summed E-state index contributed by atoms with van der Waals surface area (Å²) in [7, 11) is 3.38. The van der Waals surface area contributed by atoms with Crippen molar-refractivity contribution in [2.24, 2.45) is 10.7 Å². The average Bonchev–Trinajstić information content (AvgIpc) is 2.25. The van der Waals surface area contributed by atoms with E-state index >= 15 is 0 Å². The summed E-state index contributed by atoms with van der Waals surface area (Å²) in [5, 5.41) is 0. The van der Waals surface area contributed by atoms with E-state index in [9.17, 15) is 0 Å². The van der Waals surface area contributed by atoms with Crippen LogP contribution in [0.5, 0.6) is 5.75 Å². The number of allylic oxidation sites excluding steroid dienone is 1. The van der Waals surface area contributed by atoms with Gasteiger partial charge < -0.3 is 10.5 Å². The number of rotatable bonds is 3. The third-order valence-electron chi connectivity index (χ3n) is 2.18. The van der Waals surface area contributed by atoms with Gasteiger partial charge >= 0.3 is 0 Å². The van der Waals surface area contributed by atoms with Gasteiger partial charge in [0, 0.05) is 25.0 Å². The maximum Gasteiger partial charge on any atom is 0.121 e. The monoisotopic (exact) mass is 204 g/mol. The molecule has 0 heterocycles. The van der Waals surface area contributed by atoms with E-state index in [1.165, 1.54) is 0 Å². The molecule has 0 bridgehead atoms.